The summed E-state index contributed by atoms with van der Waals surface area (Å²) in [4.78, 5) is 21.6. The molecule has 1 amide bonds. The monoisotopic (exact) mass is 399 g/mol. The van der Waals surface area contributed by atoms with E-state index in [1.165, 1.54) is 11.3 Å². The molecular formula is C20H18ClN3O2S. The first-order valence-electron chi connectivity index (χ1n) is 8.50. The number of thiazole rings is 1. The Balaban J connectivity index is 1.68. The van der Waals surface area contributed by atoms with Crippen LogP contribution in [0.2, 0.25) is 5.02 Å². The molecule has 0 radical (unpaired) electrons. The molecule has 2 aromatic carbocycles. The molecule has 4 rings (SSSR count). The van der Waals surface area contributed by atoms with Gasteiger partial charge in [-0.05, 0) is 30.3 Å². The van der Waals surface area contributed by atoms with E-state index in [2.05, 4.69) is 9.88 Å². The van der Waals surface area contributed by atoms with Crippen LogP contribution in [0.3, 0.4) is 0 Å². The van der Waals surface area contributed by atoms with E-state index in [1.807, 2.05) is 49.5 Å². The summed E-state index contributed by atoms with van der Waals surface area (Å²) in [6, 6.07) is 13.3. The number of hydrogen-bond acceptors (Lipinski definition) is 5. The van der Waals surface area contributed by atoms with Gasteiger partial charge in [-0.25, -0.2) is 4.98 Å². The first-order valence-corrected chi connectivity index (χ1v) is 9.75. The minimum absolute atomic E-state index is 0.121. The lowest BCUT2D eigenvalue weighted by molar-refractivity contribution is 0.0982. The second kappa shape index (κ2) is 7.21. The fraction of sp³-hybridized carbons (Fsp3) is 0.200. The van der Waals surface area contributed by atoms with E-state index in [0.29, 0.717) is 17.3 Å². The standard InChI is InChI=1S/C20H18ClN3O2S/c1-23-9-10-24(17-11-13(21)7-8-16(17)23)20(25)15-12-27-19(22-15)14-5-3-4-6-18(14)26-2/h3-8,11-12H,9-10H2,1-2H3. The fourth-order valence-corrected chi connectivity index (χ4v) is 4.18. The minimum Gasteiger partial charge on any atom is -0.496 e. The van der Waals surface area contributed by atoms with Crippen LogP contribution in [0.25, 0.3) is 10.6 Å². The van der Waals surface area contributed by atoms with Gasteiger partial charge in [-0.1, -0.05) is 23.7 Å². The van der Waals surface area contributed by atoms with Crippen molar-refractivity contribution >= 4 is 40.2 Å². The van der Waals surface area contributed by atoms with Crippen molar-refractivity contribution in [1.82, 2.24) is 4.98 Å². The number of hydrogen-bond donors (Lipinski definition) is 0. The van der Waals surface area contributed by atoms with Crippen LogP contribution < -0.4 is 14.5 Å². The number of amides is 1. The second-order valence-corrected chi connectivity index (χ2v) is 7.54. The Kier molecular flexibility index (Phi) is 4.76. The highest BCUT2D eigenvalue weighted by molar-refractivity contribution is 7.13. The van der Waals surface area contributed by atoms with Crippen LogP contribution in [0.4, 0.5) is 11.4 Å². The average molecular weight is 400 g/mol. The number of fused-ring (bicyclic) bond motifs is 1. The van der Waals surface area contributed by atoms with E-state index < -0.39 is 0 Å². The maximum Gasteiger partial charge on any atom is 0.277 e. The summed E-state index contributed by atoms with van der Waals surface area (Å²) in [5.41, 5.74) is 3.11. The molecule has 1 aromatic heterocycles. The van der Waals surface area contributed by atoms with Gasteiger partial charge in [0.2, 0.25) is 0 Å². The molecule has 2 heterocycles. The molecule has 0 fully saturated rings. The summed E-state index contributed by atoms with van der Waals surface area (Å²) < 4.78 is 5.41. The lowest BCUT2D eigenvalue weighted by Crippen LogP contribution is -2.42. The van der Waals surface area contributed by atoms with Crippen molar-refractivity contribution in [3.63, 3.8) is 0 Å². The number of carbonyl (C=O) groups excluding carboxylic acids is 1. The van der Waals surface area contributed by atoms with Crippen molar-refractivity contribution in [2.24, 2.45) is 0 Å². The quantitative estimate of drug-likeness (QED) is 0.647. The van der Waals surface area contributed by atoms with E-state index in [4.69, 9.17) is 16.3 Å². The summed E-state index contributed by atoms with van der Waals surface area (Å²) in [6.45, 7) is 1.34. The fourth-order valence-electron chi connectivity index (χ4n) is 3.19. The summed E-state index contributed by atoms with van der Waals surface area (Å²) in [5, 5.41) is 3.17. The molecule has 3 aromatic rings. The summed E-state index contributed by atoms with van der Waals surface area (Å²) in [5.74, 6) is 0.617. The first-order chi connectivity index (χ1) is 13.1. The molecule has 138 valence electrons. The molecule has 0 N–H and O–H groups in total. The zero-order valence-corrected chi connectivity index (χ0v) is 16.5. The smallest absolute Gasteiger partial charge is 0.277 e. The number of anilines is 2. The highest BCUT2D eigenvalue weighted by Crippen LogP contribution is 2.36. The molecule has 0 aliphatic carbocycles. The van der Waals surface area contributed by atoms with Gasteiger partial charge in [0.15, 0.2) is 0 Å². The lowest BCUT2D eigenvalue weighted by Gasteiger charge is -2.35. The van der Waals surface area contributed by atoms with Gasteiger partial charge < -0.3 is 14.5 Å². The highest BCUT2D eigenvalue weighted by atomic mass is 35.5. The normalized spacial score (nSPS) is 13.4. The minimum atomic E-state index is -0.121. The van der Waals surface area contributed by atoms with Crippen molar-refractivity contribution in [2.45, 2.75) is 0 Å². The molecule has 27 heavy (non-hydrogen) atoms. The number of likely N-dealkylation sites (N-methyl/N-ethyl adjacent to an activating group) is 1. The number of benzene rings is 2. The number of halogens is 1. The Hall–Kier alpha value is -2.57. The third-order valence-corrected chi connectivity index (χ3v) is 5.72. The molecule has 0 spiro atoms. The van der Waals surface area contributed by atoms with Crippen LogP contribution in [0.15, 0.2) is 47.8 Å². The number of carbonyl (C=O) groups is 1. The molecule has 5 nitrogen and oxygen atoms in total. The number of nitrogens with zero attached hydrogens (tertiary/aromatic N) is 3. The van der Waals surface area contributed by atoms with Gasteiger partial charge in [-0.2, -0.15) is 0 Å². The van der Waals surface area contributed by atoms with Crippen molar-refractivity contribution in [2.75, 3.05) is 37.0 Å². The maximum atomic E-state index is 13.2. The van der Waals surface area contributed by atoms with Crippen LogP contribution >= 0.6 is 22.9 Å². The predicted molar refractivity (Wildman–Crippen MR) is 111 cm³/mol. The molecule has 0 saturated heterocycles. The number of aromatic nitrogens is 1. The summed E-state index contributed by atoms with van der Waals surface area (Å²) in [7, 11) is 3.64. The van der Waals surface area contributed by atoms with E-state index >= 15 is 0 Å². The Morgan fingerprint density at radius 2 is 2.00 bits per heavy atom. The van der Waals surface area contributed by atoms with E-state index in [0.717, 1.165) is 34.2 Å². The molecule has 1 aliphatic heterocycles. The molecule has 0 saturated carbocycles. The van der Waals surface area contributed by atoms with Crippen molar-refractivity contribution in [1.29, 1.82) is 0 Å². The van der Waals surface area contributed by atoms with Crippen LogP contribution in [-0.2, 0) is 0 Å². The van der Waals surface area contributed by atoms with Gasteiger partial charge in [0.05, 0.1) is 24.0 Å². The lowest BCUT2D eigenvalue weighted by atomic mass is 10.1. The van der Waals surface area contributed by atoms with Gasteiger partial charge in [0.25, 0.3) is 5.91 Å². The number of methoxy groups -OCH3 is 1. The van der Waals surface area contributed by atoms with Crippen LogP contribution in [0.5, 0.6) is 5.75 Å². The SMILES string of the molecule is COc1ccccc1-c1nc(C(=O)N2CCN(C)c3ccc(Cl)cc32)cs1. The second-order valence-electron chi connectivity index (χ2n) is 6.25. The third kappa shape index (κ3) is 3.26. The van der Waals surface area contributed by atoms with Gasteiger partial charge in [0.1, 0.15) is 16.5 Å². The van der Waals surface area contributed by atoms with Gasteiger partial charge in [-0.15, -0.1) is 11.3 Å². The van der Waals surface area contributed by atoms with Gasteiger partial charge >= 0.3 is 0 Å². The Morgan fingerprint density at radius 3 is 2.81 bits per heavy atom. The van der Waals surface area contributed by atoms with Crippen molar-refractivity contribution in [3.8, 4) is 16.3 Å². The van der Waals surface area contributed by atoms with Crippen molar-refractivity contribution < 1.29 is 9.53 Å². The first kappa shape index (κ1) is 17.8. The zero-order chi connectivity index (χ0) is 19.0. The highest BCUT2D eigenvalue weighted by Gasteiger charge is 2.28. The van der Waals surface area contributed by atoms with Crippen molar-refractivity contribution in [3.05, 3.63) is 58.6 Å². The Labute approximate surface area is 166 Å². The average Bonchev–Trinajstić information content (AvgIpc) is 3.17. The zero-order valence-electron chi connectivity index (χ0n) is 15.0. The predicted octanol–water partition coefficient (Wildman–Crippen LogP) is 4.57. The molecular weight excluding hydrogens is 382 g/mol. The van der Waals surface area contributed by atoms with Gasteiger partial charge in [-0.3, -0.25) is 4.79 Å². The largest absolute Gasteiger partial charge is 0.496 e. The molecule has 0 bridgehead atoms. The number of rotatable bonds is 3. The Bertz CT molecular complexity index is 1000. The maximum absolute atomic E-state index is 13.2. The van der Waals surface area contributed by atoms with E-state index in [9.17, 15) is 4.79 Å². The van der Waals surface area contributed by atoms with Crippen LogP contribution in [0, 0.1) is 0 Å². The van der Waals surface area contributed by atoms with E-state index in [1.54, 1.807) is 17.4 Å². The summed E-state index contributed by atoms with van der Waals surface area (Å²) >= 11 is 7.61. The third-order valence-electron chi connectivity index (χ3n) is 4.60. The summed E-state index contributed by atoms with van der Waals surface area (Å²) in [6.07, 6.45) is 0. The topological polar surface area (TPSA) is 45.7 Å². The van der Waals surface area contributed by atoms with E-state index in [-0.39, 0.29) is 5.91 Å². The van der Waals surface area contributed by atoms with Gasteiger partial charge in [0, 0.05) is 30.5 Å². The molecule has 0 unspecified atom stereocenters. The Morgan fingerprint density at radius 1 is 1.19 bits per heavy atom. The number of para-hydroxylation sites is 1. The van der Waals surface area contributed by atoms with Crippen LogP contribution in [-0.4, -0.2) is 38.1 Å². The number of ether oxygens (including phenoxy) is 1. The molecule has 0 atom stereocenters. The molecule has 1 aliphatic rings. The molecule has 7 heteroatoms. The van der Waals surface area contributed by atoms with Crippen LogP contribution in [0.1, 0.15) is 10.5 Å².